The minimum Gasteiger partial charge on any atom is -0.464 e. The molecule has 0 atom stereocenters. The molecule has 276 valence electrons. The molecule has 9 heteroatoms. The summed E-state index contributed by atoms with van der Waals surface area (Å²) in [6.45, 7) is 2.82. The van der Waals surface area contributed by atoms with Gasteiger partial charge in [0, 0.05) is 36.5 Å². The number of rotatable bonds is 13. The number of unbranched alkanes of at least 4 members (excludes halogenated alkanes) is 1. The summed E-state index contributed by atoms with van der Waals surface area (Å²) >= 11 is 0. The van der Waals surface area contributed by atoms with E-state index in [-0.39, 0.29) is 5.69 Å². The van der Waals surface area contributed by atoms with Gasteiger partial charge in [-0.25, -0.2) is 19.4 Å². The molecule has 0 aliphatic rings. The molecule has 9 nitrogen and oxygen atoms in total. The zero-order valence-electron chi connectivity index (χ0n) is 31.4. The highest BCUT2D eigenvalue weighted by Crippen LogP contribution is 2.42. The van der Waals surface area contributed by atoms with Gasteiger partial charge >= 0.3 is 5.97 Å². The van der Waals surface area contributed by atoms with E-state index in [4.69, 9.17) is 14.9 Å². The van der Waals surface area contributed by atoms with Crippen molar-refractivity contribution in [3.8, 4) is 33.8 Å². The van der Waals surface area contributed by atoms with Crippen LogP contribution < -0.4 is 0 Å². The van der Waals surface area contributed by atoms with Crippen LogP contribution in [-0.2, 0) is 23.2 Å². The summed E-state index contributed by atoms with van der Waals surface area (Å²) in [6, 6.07) is 52.0. The Bertz CT molecular complexity index is 2430. The molecule has 3 heterocycles. The lowest BCUT2D eigenvalue weighted by Gasteiger charge is -2.36. The minimum atomic E-state index is -0.828. The van der Waals surface area contributed by atoms with E-state index in [9.17, 15) is 4.79 Å². The number of tetrazole rings is 1. The number of carbonyl (C=O) groups is 1. The van der Waals surface area contributed by atoms with Gasteiger partial charge in [-0.2, -0.15) is 0 Å². The Hall–Kier alpha value is -7.00. The molecular formula is C47H41N7O2. The number of nitrogens with zero attached hydrogens (tertiary/aromatic N) is 7. The highest BCUT2D eigenvalue weighted by atomic mass is 16.5. The normalized spacial score (nSPS) is 11.4. The van der Waals surface area contributed by atoms with Crippen LogP contribution in [0, 0.1) is 0 Å². The molecule has 0 amide bonds. The van der Waals surface area contributed by atoms with E-state index in [1.165, 1.54) is 7.11 Å². The lowest BCUT2D eigenvalue weighted by molar-refractivity contribution is 0.0595. The molecule has 5 aromatic carbocycles. The van der Waals surface area contributed by atoms with E-state index < -0.39 is 11.5 Å². The Morgan fingerprint density at radius 1 is 0.696 bits per heavy atom. The predicted molar refractivity (Wildman–Crippen MR) is 218 cm³/mol. The van der Waals surface area contributed by atoms with Gasteiger partial charge in [0.2, 0.25) is 0 Å². The Morgan fingerprint density at radius 2 is 1.27 bits per heavy atom. The number of hydrogen-bond acceptors (Lipinski definition) is 7. The van der Waals surface area contributed by atoms with Gasteiger partial charge in [0.15, 0.2) is 11.5 Å². The standard InChI is InChI=1S/C47H41N7O2/c1-3-4-22-43-49-42(41-21-14-31-48-44(41)46(55)56-2)33-53(43)32-34-23-25-35(26-24-34)36-27-29-37(30-28-36)45-50-51-52-54(45)47(38-15-8-5-9-16-38,39-17-10-6-11-18-39)40-19-12-7-13-20-40/h5-21,23-31,33H,3-4,22,32H2,1-2H3. The summed E-state index contributed by atoms with van der Waals surface area (Å²) in [7, 11) is 1.36. The number of imidazole rings is 1. The number of ether oxygens (including phenoxy) is 1. The van der Waals surface area contributed by atoms with Crippen LogP contribution in [0.25, 0.3) is 33.8 Å². The smallest absolute Gasteiger partial charge is 0.357 e. The van der Waals surface area contributed by atoms with Crippen molar-refractivity contribution < 1.29 is 9.53 Å². The van der Waals surface area contributed by atoms with Crippen LogP contribution >= 0.6 is 0 Å². The van der Waals surface area contributed by atoms with Crippen LogP contribution in [0.4, 0.5) is 0 Å². The van der Waals surface area contributed by atoms with Crippen molar-refractivity contribution in [3.63, 3.8) is 0 Å². The molecule has 56 heavy (non-hydrogen) atoms. The fourth-order valence-electron chi connectivity index (χ4n) is 7.44. The highest BCUT2D eigenvalue weighted by Gasteiger charge is 2.41. The van der Waals surface area contributed by atoms with Gasteiger partial charge in [-0.3, -0.25) is 0 Å². The molecule has 0 saturated carbocycles. The van der Waals surface area contributed by atoms with Crippen molar-refractivity contribution in [2.45, 2.75) is 38.3 Å². The summed E-state index contributed by atoms with van der Waals surface area (Å²) in [5, 5.41) is 13.6. The molecule has 8 aromatic rings. The second kappa shape index (κ2) is 16.2. The molecule has 3 aromatic heterocycles. The zero-order chi connectivity index (χ0) is 38.3. The molecule has 0 bridgehead atoms. The Kier molecular flexibility index (Phi) is 10.4. The van der Waals surface area contributed by atoms with Crippen LogP contribution in [0.3, 0.4) is 0 Å². The van der Waals surface area contributed by atoms with Gasteiger partial charge in [-0.15, -0.1) is 5.10 Å². The highest BCUT2D eigenvalue weighted by molar-refractivity contribution is 5.94. The number of aryl methyl sites for hydroxylation is 1. The number of benzene rings is 5. The van der Waals surface area contributed by atoms with Crippen molar-refractivity contribution in [1.82, 2.24) is 34.7 Å². The van der Waals surface area contributed by atoms with Crippen molar-refractivity contribution in [3.05, 3.63) is 198 Å². The fraction of sp³-hybridized carbons (Fsp3) is 0.149. The van der Waals surface area contributed by atoms with Gasteiger partial charge in [0.1, 0.15) is 11.4 Å². The lowest BCUT2D eigenvalue weighted by Crippen LogP contribution is -2.39. The van der Waals surface area contributed by atoms with Crippen molar-refractivity contribution in [2.75, 3.05) is 7.11 Å². The van der Waals surface area contributed by atoms with E-state index in [0.29, 0.717) is 23.6 Å². The molecule has 0 aliphatic carbocycles. The molecular weight excluding hydrogens is 695 g/mol. The third kappa shape index (κ3) is 6.91. The van der Waals surface area contributed by atoms with Crippen LogP contribution in [0.2, 0.25) is 0 Å². The lowest BCUT2D eigenvalue weighted by atomic mass is 9.77. The number of aromatic nitrogens is 7. The van der Waals surface area contributed by atoms with Gasteiger partial charge in [-0.1, -0.05) is 153 Å². The summed E-state index contributed by atoms with van der Waals surface area (Å²) in [5.74, 6) is 1.15. The SMILES string of the molecule is CCCCc1nc(-c2cccnc2C(=O)OC)cn1Cc1ccc(-c2ccc(-c3nnnn3C(c3ccccc3)(c3ccccc3)c3ccccc3)cc2)cc1. The van der Waals surface area contributed by atoms with Gasteiger partial charge in [-0.05, 0) is 62.4 Å². The van der Waals surface area contributed by atoms with Crippen molar-refractivity contribution in [1.29, 1.82) is 0 Å². The average molecular weight is 736 g/mol. The molecule has 0 N–H and O–H groups in total. The monoisotopic (exact) mass is 735 g/mol. The maximum Gasteiger partial charge on any atom is 0.357 e. The third-order valence-electron chi connectivity index (χ3n) is 10.2. The maximum absolute atomic E-state index is 12.5. The first-order chi connectivity index (χ1) is 27.6. The summed E-state index contributed by atoms with van der Waals surface area (Å²) < 4.78 is 9.12. The summed E-state index contributed by atoms with van der Waals surface area (Å²) in [5.41, 5.74) is 8.19. The fourth-order valence-corrected chi connectivity index (χ4v) is 7.44. The number of esters is 1. The summed E-state index contributed by atoms with van der Waals surface area (Å²) in [6.07, 6.45) is 6.51. The van der Waals surface area contributed by atoms with E-state index >= 15 is 0 Å². The first-order valence-electron chi connectivity index (χ1n) is 18.8. The molecule has 0 aliphatic heterocycles. The number of pyridine rings is 1. The molecule has 0 saturated heterocycles. The largest absolute Gasteiger partial charge is 0.464 e. The molecule has 0 spiro atoms. The van der Waals surface area contributed by atoms with Crippen molar-refractivity contribution >= 4 is 5.97 Å². The molecule has 8 rings (SSSR count). The van der Waals surface area contributed by atoms with Gasteiger partial charge < -0.3 is 9.30 Å². The van der Waals surface area contributed by atoms with Crippen LogP contribution in [0.15, 0.2) is 164 Å². The quantitative estimate of drug-likeness (QED) is 0.0860. The van der Waals surface area contributed by atoms with Crippen LogP contribution in [-0.4, -0.2) is 47.8 Å². The van der Waals surface area contributed by atoms with E-state index in [1.807, 2.05) is 41.2 Å². The molecule has 0 fully saturated rings. The van der Waals surface area contributed by atoms with Crippen LogP contribution in [0.1, 0.15) is 58.3 Å². The van der Waals surface area contributed by atoms with E-state index in [1.54, 1.807) is 6.20 Å². The molecule has 0 radical (unpaired) electrons. The van der Waals surface area contributed by atoms with E-state index in [2.05, 4.69) is 148 Å². The number of hydrogen-bond donors (Lipinski definition) is 0. The second-order valence-electron chi connectivity index (χ2n) is 13.7. The third-order valence-corrected chi connectivity index (χ3v) is 10.2. The van der Waals surface area contributed by atoms with E-state index in [0.717, 1.165) is 64.0 Å². The number of carbonyl (C=O) groups excluding carboxylic acids is 1. The first kappa shape index (κ1) is 36.0. The summed E-state index contributed by atoms with van der Waals surface area (Å²) in [4.78, 5) is 21.7. The average Bonchev–Trinajstić information content (AvgIpc) is 3.92. The second-order valence-corrected chi connectivity index (χ2v) is 13.7. The minimum absolute atomic E-state index is 0.261. The zero-order valence-corrected chi connectivity index (χ0v) is 31.4. The van der Waals surface area contributed by atoms with Crippen molar-refractivity contribution in [2.24, 2.45) is 0 Å². The number of methoxy groups -OCH3 is 1. The van der Waals surface area contributed by atoms with Gasteiger partial charge in [0.25, 0.3) is 0 Å². The van der Waals surface area contributed by atoms with Crippen LogP contribution in [0.5, 0.6) is 0 Å². The predicted octanol–water partition coefficient (Wildman–Crippen LogP) is 9.28. The maximum atomic E-state index is 12.5. The van der Waals surface area contributed by atoms with Gasteiger partial charge in [0.05, 0.1) is 12.8 Å². The Morgan fingerprint density at radius 3 is 1.84 bits per heavy atom. The molecule has 0 unspecified atom stereocenters. The first-order valence-corrected chi connectivity index (χ1v) is 18.8. The topological polar surface area (TPSA) is 101 Å². The Labute approximate surface area is 326 Å². The Balaban J connectivity index is 1.09.